The highest BCUT2D eigenvalue weighted by atomic mass is 16.6. The van der Waals surface area contributed by atoms with Crippen molar-refractivity contribution in [2.75, 3.05) is 13.2 Å². The maximum absolute atomic E-state index is 12.9. The average molecular weight is 954 g/mol. The van der Waals surface area contributed by atoms with Crippen molar-refractivity contribution in [3.05, 3.63) is 48.6 Å². The van der Waals surface area contributed by atoms with Crippen LogP contribution in [0.15, 0.2) is 48.6 Å². The number of carbonyl (C=O) groups excluding carboxylic acids is 3. The minimum atomic E-state index is -0.779. The van der Waals surface area contributed by atoms with Crippen LogP contribution in [0.3, 0.4) is 0 Å². The first-order chi connectivity index (χ1) is 33.5. The van der Waals surface area contributed by atoms with Gasteiger partial charge in [0.15, 0.2) is 6.10 Å². The molecular formula is C62H112O6. The van der Waals surface area contributed by atoms with Gasteiger partial charge in [-0.25, -0.2) is 0 Å². The molecule has 0 aromatic rings. The Bertz CT molecular complexity index is 1190. The fraction of sp³-hybridized carbons (Fsp3) is 0.823. The molecule has 1 unspecified atom stereocenters. The standard InChI is InChI=1S/C62H112O6/c1-4-7-10-13-16-19-22-25-27-29-31-33-34-37-40-43-46-49-52-55-61(64)67-58-59(57-66-60(63)54-51-48-45-42-39-36-24-21-18-15-12-9-6-3)68-62(65)56-53-50-47-44-41-38-35-32-30-28-26-23-20-17-14-11-8-5-2/h16,19,25,27-28,30-31,33,59H,4-15,17-18,20-24,26,29,32,34-58H2,1-3H3/b19-16-,27-25-,30-28-,33-31-. The molecule has 0 aliphatic heterocycles. The van der Waals surface area contributed by atoms with Crippen molar-refractivity contribution in [2.24, 2.45) is 0 Å². The third-order valence-corrected chi connectivity index (χ3v) is 13.1. The SMILES string of the molecule is CCCCC/C=C\C/C=C\C/C=C\CCCCCCCCC(=O)OCC(COC(=O)CCCCCCCCCCCCCCC)OC(=O)CCCCCCCCC/C=C\CCCCCCCCC. The van der Waals surface area contributed by atoms with Crippen molar-refractivity contribution in [1.82, 2.24) is 0 Å². The van der Waals surface area contributed by atoms with Crippen LogP contribution in [0.5, 0.6) is 0 Å². The van der Waals surface area contributed by atoms with Crippen LogP contribution in [0.1, 0.15) is 310 Å². The molecule has 0 saturated carbocycles. The molecule has 0 aromatic carbocycles. The Morgan fingerprint density at radius 1 is 0.294 bits per heavy atom. The van der Waals surface area contributed by atoms with Gasteiger partial charge in [-0.3, -0.25) is 14.4 Å². The third-order valence-electron chi connectivity index (χ3n) is 13.1. The van der Waals surface area contributed by atoms with E-state index in [4.69, 9.17) is 14.2 Å². The molecule has 0 amide bonds. The molecule has 0 heterocycles. The molecule has 0 bridgehead atoms. The molecule has 0 aliphatic rings. The molecule has 0 rings (SSSR count). The van der Waals surface area contributed by atoms with Gasteiger partial charge in [0.1, 0.15) is 13.2 Å². The maximum Gasteiger partial charge on any atom is 0.306 e. The molecule has 0 spiro atoms. The van der Waals surface area contributed by atoms with E-state index in [0.29, 0.717) is 19.3 Å². The molecule has 0 radical (unpaired) electrons. The molecule has 0 fully saturated rings. The van der Waals surface area contributed by atoms with Gasteiger partial charge in [0.05, 0.1) is 0 Å². The maximum atomic E-state index is 12.9. The van der Waals surface area contributed by atoms with Gasteiger partial charge < -0.3 is 14.2 Å². The predicted octanol–water partition coefficient (Wildman–Crippen LogP) is 19.8. The van der Waals surface area contributed by atoms with Gasteiger partial charge in [0.2, 0.25) is 0 Å². The molecule has 0 aromatic heterocycles. The highest BCUT2D eigenvalue weighted by Crippen LogP contribution is 2.16. The highest BCUT2D eigenvalue weighted by Gasteiger charge is 2.19. The largest absolute Gasteiger partial charge is 0.462 e. The molecule has 0 N–H and O–H groups in total. The van der Waals surface area contributed by atoms with E-state index in [-0.39, 0.29) is 31.1 Å². The molecule has 1 atom stereocenters. The Balaban J connectivity index is 4.37. The van der Waals surface area contributed by atoms with E-state index in [2.05, 4.69) is 69.4 Å². The first-order valence-corrected chi connectivity index (χ1v) is 29.6. The monoisotopic (exact) mass is 953 g/mol. The summed E-state index contributed by atoms with van der Waals surface area (Å²) in [4.78, 5) is 38.2. The van der Waals surface area contributed by atoms with Crippen LogP contribution in [0.4, 0.5) is 0 Å². The molecule has 6 nitrogen and oxygen atoms in total. The second kappa shape index (κ2) is 57.0. The quantitative estimate of drug-likeness (QED) is 0.0262. The number of esters is 3. The van der Waals surface area contributed by atoms with E-state index in [9.17, 15) is 14.4 Å². The van der Waals surface area contributed by atoms with E-state index in [0.717, 1.165) is 77.0 Å². The fourth-order valence-corrected chi connectivity index (χ4v) is 8.56. The third kappa shape index (κ3) is 54.3. The zero-order valence-corrected chi connectivity index (χ0v) is 45.4. The van der Waals surface area contributed by atoms with Crippen LogP contribution >= 0.6 is 0 Å². The second-order valence-corrected chi connectivity index (χ2v) is 19.9. The van der Waals surface area contributed by atoms with Crippen LogP contribution in [0.25, 0.3) is 0 Å². The first-order valence-electron chi connectivity index (χ1n) is 29.6. The lowest BCUT2D eigenvalue weighted by Gasteiger charge is -2.18. The number of carbonyl (C=O) groups is 3. The Morgan fingerprint density at radius 2 is 0.529 bits per heavy atom. The topological polar surface area (TPSA) is 78.9 Å². The number of hydrogen-bond donors (Lipinski definition) is 0. The summed E-state index contributed by atoms with van der Waals surface area (Å²) < 4.78 is 16.9. The van der Waals surface area contributed by atoms with Crippen molar-refractivity contribution in [3.8, 4) is 0 Å². The Kier molecular flexibility index (Phi) is 54.8. The molecular weight excluding hydrogens is 841 g/mol. The van der Waals surface area contributed by atoms with E-state index in [1.807, 2.05) is 0 Å². The fourth-order valence-electron chi connectivity index (χ4n) is 8.56. The van der Waals surface area contributed by atoms with Gasteiger partial charge in [-0.2, -0.15) is 0 Å². The van der Waals surface area contributed by atoms with Gasteiger partial charge in [-0.1, -0.05) is 256 Å². The number of allylic oxidation sites excluding steroid dienone is 8. The lowest BCUT2D eigenvalue weighted by Crippen LogP contribution is -2.30. The Morgan fingerprint density at radius 3 is 0.868 bits per heavy atom. The molecule has 6 heteroatoms. The summed E-state index contributed by atoms with van der Waals surface area (Å²) in [5.74, 6) is -0.878. The minimum absolute atomic E-state index is 0.0760. The molecule has 68 heavy (non-hydrogen) atoms. The minimum Gasteiger partial charge on any atom is -0.462 e. The van der Waals surface area contributed by atoms with Crippen molar-refractivity contribution < 1.29 is 28.6 Å². The van der Waals surface area contributed by atoms with Gasteiger partial charge in [-0.15, -0.1) is 0 Å². The van der Waals surface area contributed by atoms with Gasteiger partial charge in [0.25, 0.3) is 0 Å². The van der Waals surface area contributed by atoms with Crippen molar-refractivity contribution in [3.63, 3.8) is 0 Å². The summed E-state index contributed by atoms with van der Waals surface area (Å²) in [5.41, 5.74) is 0. The van der Waals surface area contributed by atoms with Crippen molar-refractivity contribution >= 4 is 17.9 Å². The lowest BCUT2D eigenvalue weighted by molar-refractivity contribution is -0.167. The smallest absolute Gasteiger partial charge is 0.306 e. The van der Waals surface area contributed by atoms with E-state index < -0.39 is 6.10 Å². The Hall–Kier alpha value is -2.63. The zero-order valence-electron chi connectivity index (χ0n) is 45.4. The predicted molar refractivity (Wildman–Crippen MR) is 293 cm³/mol. The lowest BCUT2D eigenvalue weighted by atomic mass is 10.0. The van der Waals surface area contributed by atoms with Crippen LogP contribution in [0, 0.1) is 0 Å². The average Bonchev–Trinajstić information content (AvgIpc) is 3.34. The number of rotatable bonds is 54. The summed E-state index contributed by atoms with van der Waals surface area (Å²) in [6.07, 6.45) is 69.5. The number of hydrogen-bond acceptors (Lipinski definition) is 6. The summed E-state index contributed by atoms with van der Waals surface area (Å²) in [5, 5.41) is 0. The van der Waals surface area contributed by atoms with Gasteiger partial charge in [-0.05, 0) is 83.5 Å². The normalized spacial score (nSPS) is 12.3. The number of unbranched alkanes of at least 4 members (excludes halogenated alkanes) is 35. The summed E-state index contributed by atoms with van der Waals surface area (Å²) >= 11 is 0. The van der Waals surface area contributed by atoms with Crippen LogP contribution in [0.2, 0.25) is 0 Å². The molecule has 0 aliphatic carbocycles. The van der Waals surface area contributed by atoms with E-state index >= 15 is 0 Å². The summed E-state index contributed by atoms with van der Waals surface area (Å²) in [7, 11) is 0. The summed E-state index contributed by atoms with van der Waals surface area (Å²) in [6, 6.07) is 0. The van der Waals surface area contributed by atoms with Crippen molar-refractivity contribution in [1.29, 1.82) is 0 Å². The zero-order chi connectivity index (χ0) is 49.3. The van der Waals surface area contributed by atoms with Crippen LogP contribution < -0.4 is 0 Å². The van der Waals surface area contributed by atoms with Crippen molar-refractivity contribution in [2.45, 2.75) is 316 Å². The highest BCUT2D eigenvalue weighted by molar-refractivity contribution is 5.71. The van der Waals surface area contributed by atoms with E-state index in [1.165, 1.54) is 193 Å². The second-order valence-electron chi connectivity index (χ2n) is 19.9. The van der Waals surface area contributed by atoms with E-state index in [1.54, 1.807) is 0 Å². The first kappa shape index (κ1) is 65.4. The molecule has 0 saturated heterocycles. The van der Waals surface area contributed by atoms with Crippen LogP contribution in [-0.4, -0.2) is 37.2 Å². The Labute approximate surface area is 422 Å². The van der Waals surface area contributed by atoms with Gasteiger partial charge >= 0.3 is 17.9 Å². The summed E-state index contributed by atoms with van der Waals surface area (Å²) in [6.45, 7) is 6.63. The van der Waals surface area contributed by atoms with Gasteiger partial charge in [0, 0.05) is 19.3 Å². The number of ether oxygens (including phenoxy) is 3. The molecule has 396 valence electrons. The van der Waals surface area contributed by atoms with Crippen LogP contribution in [-0.2, 0) is 28.6 Å².